The molecule has 122 valence electrons. The van der Waals surface area contributed by atoms with Gasteiger partial charge in [-0.05, 0) is 28.4 Å². The molecule has 0 spiro atoms. The Labute approximate surface area is 134 Å². The lowest BCUT2D eigenvalue weighted by atomic mass is 10.2. The summed E-state index contributed by atoms with van der Waals surface area (Å²) in [6.07, 6.45) is -3.58. The Hall–Kier alpha value is -1.35. The van der Waals surface area contributed by atoms with Crippen LogP contribution >= 0.6 is 15.9 Å². The van der Waals surface area contributed by atoms with E-state index in [0.717, 1.165) is 5.69 Å². The van der Waals surface area contributed by atoms with Crippen molar-refractivity contribution in [1.29, 1.82) is 0 Å². The van der Waals surface area contributed by atoms with Gasteiger partial charge in [0, 0.05) is 42.8 Å². The van der Waals surface area contributed by atoms with E-state index in [9.17, 15) is 23.3 Å². The van der Waals surface area contributed by atoms with Gasteiger partial charge in [0.1, 0.15) is 0 Å². The van der Waals surface area contributed by atoms with Gasteiger partial charge >= 0.3 is 6.18 Å². The van der Waals surface area contributed by atoms with Gasteiger partial charge in [0.15, 0.2) is 0 Å². The molecule has 5 nitrogen and oxygen atoms in total. The molecule has 22 heavy (non-hydrogen) atoms. The highest BCUT2D eigenvalue weighted by molar-refractivity contribution is 9.10. The molecule has 0 aliphatic carbocycles. The third-order valence-corrected chi connectivity index (χ3v) is 4.11. The van der Waals surface area contributed by atoms with Gasteiger partial charge in [-0.3, -0.25) is 15.0 Å². The summed E-state index contributed by atoms with van der Waals surface area (Å²) in [5, 5.41) is 10.7. The van der Waals surface area contributed by atoms with Gasteiger partial charge < -0.3 is 4.90 Å². The number of hydrogen-bond donors (Lipinski definition) is 0. The number of benzene rings is 1. The molecule has 9 heteroatoms. The number of halogens is 4. The van der Waals surface area contributed by atoms with Crippen LogP contribution in [-0.4, -0.2) is 48.7 Å². The number of nitro groups is 1. The van der Waals surface area contributed by atoms with Crippen LogP contribution < -0.4 is 4.90 Å². The fourth-order valence-electron chi connectivity index (χ4n) is 2.49. The third kappa shape index (κ3) is 4.57. The topological polar surface area (TPSA) is 49.6 Å². The van der Waals surface area contributed by atoms with Crippen molar-refractivity contribution in [3.05, 3.63) is 32.8 Å². The Morgan fingerprint density at radius 3 is 2.55 bits per heavy atom. The average molecular weight is 382 g/mol. The largest absolute Gasteiger partial charge is 0.401 e. The normalized spacial score (nSPS) is 17.4. The average Bonchev–Trinajstić information content (AvgIpc) is 2.62. The molecule has 0 saturated carbocycles. The van der Waals surface area contributed by atoms with Gasteiger partial charge in [-0.15, -0.1) is 0 Å². The fraction of sp³-hybridized carbons (Fsp3) is 0.538. The highest BCUT2D eigenvalue weighted by Crippen LogP contribution is 2.31. The van der Waals surface area contributed by atoms with Crippen LogP contribution in [0.1, 0.15) is 6.42 Å². The van der Waals surface area contributed by atoms with Gasteiger partial charge in [0.05, 0.1) is 17.2 Å². The maximum atomic E-state index is 12.5. The van der Waals surface area contributed by atoms with Crippen molar-refractivity contribution in [2.45, 2.75) is 12.6 Å². The van der Waals surface area contributed by atoms with Crippen molar-refractivity contribution >= 4 is 27.3 Å². The summed E-state index contributed by atoms with van der Waals surface area (Å²) in [4.78, 5) is 13.6. The molecule has 1 saturated heterocycles. The molecule has 0 atom stereocenters. The fourth-order valence-corrected chi connectivity index (χ4v) is 3.11. The molecule has 1 fully saturated rings. The van der Waals surface area contributed by atoms with Gasteiger partial charge in [-0.1, -0.05) is 0 Å². The molecule has 0 N–H and O–H groups in total. The first-order valence-corrected chi connectivity index (χ1v) is 7.53. The zero-order valence-electron chi connectivity index (χ0n) is 11.6. The first kappa shape index (κ1) is 17.0. The molecular weight excluding hydrogens is 367 g/mol. The van der Waals surface area contributed by atoms with E-state index in [0.29, 0.717) is 37.1 Å². The van der Waals surface area contributed by atoms with Gasteiger partial charge in [-0.2, -0.15) is 13.2 Å². The Kier molecular flexibility index (Phi) is 5.28. The summed E-state index contributed by atoms with van der Waals surface area (Å²) in [6.45, 7) is 0.864. The summed E-state index contributed by atoms with van der Waals surface area (Å²) in [5.74, 6) is 0. The number of non-ortho nitro benzene ring substituents is 1. The van der Waals surface area contributed by atoms with Crippen molar-refractivity contribution in [2.24, 2.45) is 0 Å². The summed E-state index contributed by atoms with van der Waals surface area (Å²) in [7, 11) is 0. The number of nitrogens with zero attached hydrogens (tertiary/aromatic N) is 3. The minimum atomic E-state index is -4.19. The van der Waals surface area contributed by atoms with Gasteiger partial charge in [-0.25, -0.2) is 0 Å². The molecule has 1 aromatic rings. The van der Waals surface area contributed by atoms with E-state index < -0.39 is 17.6 Å². The van der Waals surface area contributed by atoms with Crippen molar-refractivity contribution < 1.29 is 18.1 Å². The molecule has 2 rings (SSSR count). The molecule has 1 heterocycles. The molecule has 0 aromatic heterocycles. The lowest BCUT2D eigenvalue weighted by Gasteiger charge is -2.25. The lowest BCUT2D eigenvalue weighted by Crippen LogP contribution is -2.37. The smallest absolute Gasteiger partial charge is 0.369 e. The molecule has 1 aliphatic heterocycles. The van der Waals surface area contributed by atoms with Crippen LogP contribution in [0.15, 0.2) is 22.7 Å². The summed E-state index contributed by atoms with van der Waals surface area (Å²) >= 11 is 3.30. The van der Waals surface area contributed by atoms with E-state index in [1.165, 1.54) is 17.0 Å². The number of anilines is 1. The Bertz CT molecular complexity index is 554. The van der Waals surface area contributed by atoms with Crippen LogP contribution in [0.25, 0.3) is 0 Å². The first-order chi connectivity index (χ1) is 10.3. The molecule has 0 unspecified atom stereocenters. The summed E-state index contributed by atoms with van der Waals surface area (Å²) < 4.78 is 37.9. The molecule has 0 bridgehead atoms. The van der Waals surface area contributed by atoms with Crippen LogP contribution in [0.2, 0.25) is 0 Å². The molecule has 0 amide bonds. The Morgan fingerprint density at radius 2 is 1.95 bits per heavy atom. The predicted octanol–water partition coefficient (Wildman–Crippen LogP) is 3.43. The van der Waals surface area contributed by atoms with Crippen molar-refractivity contribution in [1.82, 2.24) is 4.90 Å². The van der Waals surface area contributed by atoms with E-state index in [-0.39, 0.29) is 5.69 Å². The Balaban J connectivity index is 2.06. The van der Waals surface area contributed by atoms with E-state index in [1.807, 2.05) is 4.90 Å². The SMILES string of the molecule is O=[N+]([O-])c1ccc(N2CCCN(CC(F)(F)F)CC2)c(Br)c1. The van der Waals surface area contributed by atoms with Gasteiger partial charge in [0.2, 0.25) is 0 Å². The van der Waals surface area contributed by atoms with Gasteiger partial charge in [0.25, 0.3) is 5.69 Å². The summed E-state index contributed by atoms with van der Waals surface area (Å²) in [6, 6.07) is 4.44. The highest BCUT2D eigenvalue weighted by atomic mass is 79.9. The first-order valence-electron chi connectivity index (χ1n) is 6.74. The van der Waals surface area contributed by atoms with E-state index >= 15 is 0 Å². The number of rotatable bonds is 3. The molecule has 1 aliphatic rings. The number of nitro benzene ring substituents is 1. The number of hydrogen-bond acceptors (Lipinski definition) is 4. The lowest BCUT2D eigenvalue weighted by molar-refractivity contribution is -0.384. The maximum absolute atomic E-state index is 12.5. The van der Waals surface area contributed by atoms with Crippen LogP contribution in [0.4, 0.5) is 24.5 Å². The predicted molar refractivity (Wildman–Crippen MR) is 80.1 cm³/mol. The standard InChI is InChI=1S/C13H15BrF3N3O2/c14-11-8-10(20(21)22)2-3-12(11)19-5-1-4-18(6-7-19)9-13(15,16)17/h2-3,8H,1,4-7,9H2. The zero-order chi connectivity index (χ0) is 16.3. The van der Waals surface area contributed by atoms with Crippen LogP contribution in [-0.2, 0) is 0 Å². The van der Waals surface area contributed by atoms with E-state index in [1.54, 1.807) is 6.07 Å². The van der Waals surface area contributed by atoms with Crippen LogP contribution in [0.5, 0.6) is 0 Å². The van der Waals surface area contributed by atoms with Crippen molar-refractivity contribution in [2.75, 3.05) is 37.6 Å². The molecule has 0 radical (unpaired) electrons. The third-order valence-electron chi connectivity index (χ3n) is 3.47. The Morgan fingerprint density at radius 1 is 1.23 bits per heavy atom. The second kappa shape index (κ2) is 6.82. The van der Waals surface area contributed by atoms with E-state index in [2.05, 4.69) is 15.9 Å². The quantitative estimate of drug-likeness (QED) is 0.594. The minimum Gasteiger partial charge on any atom is -0.369 e. The van der Waals surface area contributed by atoms with E-state index in [4.69, 9.17) is 0 Å². The highest BCUT2D eigenvalue weighted by Gasteiger charge is 2.31. The maximum Gasteiger partial charge on any atom is 0.401 e. The van der Waals surface area contributed by atoms with Crippen molar-refractivity contribution in [3.8, 4) is 0 Å². The molecule has 1 aromatic carbocycles. The van der Waals surface area contributed by atoms with Crippen LogP contribution in [0.3, 0.4) is 0 Å². The minimum absolute atomic E-state index is 0.0239. The second-order valence-corrected chi connectivity index (χ2v) is 5.98. The molecular formula is C13H15BrF3N3O2. The van der Waals surface area contributed by atoms with Crippen molar-refractivity contribution in [3.63, 3.8) is 0 Å². The van der Waals surface area contributed by atoms with Crippen LogP contribution in [0, 0.1) is 10.1 Å². The summed E-state index contributed by atoms with van der Waals surface area (Å²) in [5.41, 5.74) is 0.739. The number of alkyl halides is 3. The monoisotopic (exact) mass is 381 g/mol. The second-order valence-electron chi connectivity index (χ2n) is 5.12. The zero-order valence-corrected chi connectivity index (χ0v) is 13.2.